The van der Waals surface area contributed by atoms with Crippen LogP contribution in [-0.2, 0) is 11.3 Å². The summed E-state index contributed by atoms with van der Waals surface area (Å²) in [5.74, 6) is -0.197. The van der Waals surface area contributed by atoms with Gasteiger partial charge in [0.15, 0.2) is 0 Å². The van der Waals surface area contributed by atoms with Crippen LogP contribution in [0.3, 0.4) is 0 Å². The molecule has 82 valence electrons. The molecule has 0 bridgehead atoms. The third kappa shape index (κ3) is 3.93. The largest absolute Gasteiger partial charge is 0.350 e. The molecule has 1 heterocycles. The Labute approximate surface area is 88.1 Å². The third-order valence-electron chi connectivity index (χ3n) is 1.62. The summed E-state index contributed by atoms with van der Waals surface area (Å²) in [5, 5.41) is 2.77. The van der Waals surface area contributed by atoms with Crippen LogP contribution in [0.5, 0.6) is 0 Å². The topological polar surface area (TPSA) is 64.0 Å². The van der Waals surface area contributed by atoms with E-state index in [1.54, 1.807) is 0 Å². The molecule has 5 heteroatoms. The lowest BCUT2D eigenvalue weighted by atomic mass is 10.1. The molecule has 0 aliphatic rings. The third-order valence-corrected chi connectivity index (χ3v) is 1.62. The summed E-state index contributed by atoms with van der Waals surface area (Å²) in [6, 6.07) is 1.32. The lowest BCUT2D eigenvalue weighted by molar-refractivity contribution is -0.123. The van der Waals surface area contributed by atoms with E-state index in [9.17, 15) is 9.59 Å². The zero-order chi connectivity index (χ0) is 11.5. The molecule has 0 aliphatic carbocycles. The van der Waals surface area contributed by atoms with Gasteiger partial charge in [0.1, 0.15) is 6.54 Å². The van der Waals surface area contributed by atoms with Crippen molar-refractivity contribution in [2.75, 3.05) is 0 Å². The van der Waals surface area contributed by atoms with E-state index in [-0.39, 0.29) is 23.6 Å². The standard InChI is InChI=1S/C10H15N3O2/c1-10(2,3)12-8(14)6-13-7-11-5-4-9(13)15/h4-5,7H,6H2,1-3H3,(H,12,14). The van der Waals surface area contributed by atoms with Gasteiger partial charge in [0.05, 0.1) is 6.33 Å². The van der Waals surface area contributed by atoms with Gasteiger partial charge in [-0.25, -0.2) is 4.98 Å². The number of hydrogen-bond donors (Lipinski definition) is 1. The molecule has 0 spiro atoms. The minimum absolute atomic E-state index is 0.00391. The van der Waals surface area contributed by atoms with Gasteiger partial charge in [-0.2, -0.15) is 0 Å². The lowest BCUT2D eigenvalue weighted by Crippen LogP contribution is -2.43. The van der Waals surface area contributed by atoms with Gasteiger partial charge in [0.2, 0.25) is 5.91 Å². The first-order chi connectivity index (χ1) is 6.88. The van der Waals surface area contributed by atoms with Gasteiger partial charge >= 0.3 is 0 Å². The van der Waals surface area contributed by atoms with Gasteiger partial charge in [-0.1, -0.05) is 0 Å². The number of carbonyl (C=O) groups excluding carboxylic acids is 1. The highest BCUT2D eigenvalue weighted by atomic mass is 16.2. The smallest absolute Gasteiger partial charge is 0.253 e. The number of nitrogens with one attached hydrogen (secondary N) is 1. The molecular formula is C10H15N3O2. The molecule has 15 heavy (non-hydrogen) atoms. The zero-order valence-corrected chi connectivity index (χ0v) is 9.15. The second-order valence-electron chi connectivity index (χ2n) is 4.34. The van der Waals surface area contributed by atoms with Crippen LogP contribution in [0.2, 0.25) is 0 Å². The minimum atomic E-state index is -0.289. The fraction of sp³-hybridized carbons (Fsp3) is 0.500. The van der Waals surface area contributed by atoms with Crippen molar-refractivity contribution < 1.29 is 4.79 Å². The van der Waals surface area contributed by atoms with E-state index in [1.165, 1.54) is 23.2 Å². The molecule has 1 N–H and O–H groups in total. The Morgan fingerprint density at radius 3 is 2.73 bits per heavy atom. The van der Waals surface area contributed by atoms with Crippen LogP contribution < -0.4 is 10.9 Å². The van der Waals surface area contributed by atoms with Gasteiger partial charge in [-0.15, -0.1) is 0 Å². The summed E-state index contributed by atoms with van der Waals surface area (Å²) >= 11 is 0. The number of carbonyl (C=O) groups is 1. The summed E-state index contributed by atoms with van der Waals surface area (Å²) in [6.07, 6.45) is 2.76. The quantitative estimate of drug-likeness (QED) is 0.754. The van der Waals surface area contributed by atoms with E-state index in [1.807, 2.05) is 20.8 Å². The second-order valence-corrected chi connectivity index (χ2v) is 4.34. The summed E-state index contributed by atoms with van der Waals surface area (Å²) in [5.41, 5.74) is -0.517. The SMILES string of the molecule is CC(C)(C)NC(=O)Cn1cnccc1=O. The predicted molar refractivity (Wildman–Crippen MR) is 56.4 cm³/mol. The molecule has 0 saturated carbocycles. The fourth-order valence-corrected chi connectivity index (χ4v) is 1.11. The molecule has 1 aromatic heterocycles. The van der Waals surface area contributed by atoms with Crippen molar-refractivity contribution >= 4 is 5.91 Å². The van der Waals surface area contributed by atoms with Gasteiger partial charge in [-0.05, 0) is 20.8 Å². The summed E-state index contributed by atoms with van der Waals surface area (Å²) in [6.45, 7) is 5.66. The van der Waals surface area contributed by atoms with Crippen LogP contribution in [0, 0.1) is 0 Å². The first kappa shape index (κ1) is 11.4. The summed E-state index contributed by atoms with van der Waals surface area (Å²) in [7, 11) is 0. The van der Waals surface area contributed by atoms with Gasteiger partial charge in [-0.3, -0.25) is 14.2 Å². The van der Waals surface area contributed by atoms with Crippen molar-refractivity contribution in [1.82, 2.24) is 14.9 Å². The molecule has 0 atom stereocenters. The number of nitrogens with zero attached hydrogens (tertiary/aromatic N) is 2. The van der Waals surface area contributed by atoms with Crippen molar-refractivity contribution in [3.05, 3.63) is 28.9 Å². The van der Waals surface area contributed by atoms with Crippen molar-refractivity contribution in [2.24, 2.45) is 0 Å². The van der Waals surface area contributed by atoms with E-state index in [0.717, 1.165) is 0 Å². The summed E-state index contributed by atoms with van der Waals surface area (Å²) in [4.78, 5) is 26.5. The Bertz CT molecular complexity index is 404. The van der Waals surface area contributed by atoms with E-state index in [0.29, 0.717) is 0 Å². The highest BCUT2D eigenvalue weighted by molar-refractivity contribution is 5.76. The van der Waals surface area contributed by atoms with E-state index >= 15 is 0 Å². The molecule has 0 aromatic carbocycles. The van der Waals surface area contributed by atoms with E-state index in [2.05, 4.69) is 10.3 Å². The minimum Gasteiger partial charge on any atom is -0.350 e. The number of aromatic nitrogens is 2. The van der Waals surface area contributed by atoms with Crippen molar-refractivity contribution in [3.63, 3.8) is 0 Å². The Morgan fingerprint density at radius 1 is 1.53 bits per heavy atom. The highest BCUT2D eigenvalue weighted by Gasteiger charge is 2.13. The second kappa shape index (κ2) is 4.25. The maximum absolute atomic E-state index is 11.5. The molecule has 1 rings (SSSR count). The Balaban J connectivity index is 2.68. The van der Waals surface area contributed by atoms with Gasteiger partial charge in [0.25, 0.3) is 5.56 Å². The van der Waals surface area contributed by atoms with Crippen LogP contribution in [0.15, 0.2) is 23.4 Å². The molecule has 0 unspecified atom stereocenters. The molecular weight excluding hydrogens is 194 g/mol. The zero-order valence-electron chi connectivity index (χ0n) is 9.15. The average Bonchev–Trinajstić information content (AvgIpc) is 2.05. The Hall–Kier alpha value is -1.65. The molecule has 0 aliphatic heterocycles. The lowest BCUT2D eigenvalue weighted by Gasteiger charge is -2.20. The molecule has 0 saturated heterocycles. The van der Waals surface area contributed by atoms with Crippen LogP contribution in [0.25, 0.3) is 0 Å². The molecule has 1 amide bonds. The van der Waals surface area contributed by atoms with E-state index in [4.69, 9.17) is 0 Å². The first-order valence-electron chi connectivity index (χ1n) is 4.70. The van der Waals surface area contributed by atoms with Gasteiger partial charge in [0, 0.05) is 17.8 Å². The predicted octanol–water partition coefficient (Wildman–Crippen LogP) is 0.158. The van der Waals surface area contributed by atoms with Crippen LogP contribution in [0.1, 0.15) is 20.8 Å². The number of rotatable bonds is 2. The molecule has 1 aromatic rings. The summed E-state index contributed by atoms with van der Waals surface area (Å²) < 4.78 is 1.26. The normalized spacial score (nSPS) is 11.1. The molecule has 5 nitrogen and oxygen atoms in total. The van der Waals surface area contributed by atoms with Crippen LogP contribution in [-0.4, -0.2) is 21.0 Å². The van der Waals surface area contributed by atoms with Crippen LogP contribution in [0.4, 0.5) is 0 Å². The number of amides is 1. The average molecular weight is 209 g/mol. The first-order valence-corrected chi connectivity index (χ1v) is 4.70. The molecule has 0 fully saturated rings. The fourth-order valence-electron chi connectivity index (χ4n) is 1.11. The van der Waals surface area contributed by atoms with Crippen molar-refractivity contribution in [3.8, 4) is 0 Å². The monoisotopic (exact) mass is 209 g/mol. The van der Waals surface area contributed by atoms with Crippen molar-refractivity contribution in [1.29, 1.82) is 0 Å². The van der Waals surface area contributed by atoms with E-state index < -0.39 is 0 Å². The maximum Gasteiger partial charge on any atom is 0.253 e. The highest BCUT2D eigenvalue weighted by Crippen LogP contribution is 1.97. The number of hydrogen-bond acceptors (Lipinski definition) is 3. The maximum atomic E-state index is 11.5. The van der Waals surface area contributed by atoms with Crippen LogP contribution >= 0.6 is 0 Å². The molecule has 0 radical (unpaired) electrons. The Morgan fingerprint density at radius 2 is 2.20 bits per heavy atom. The Kier molecular flexibility index (Phi) is 3.24. The van der Waals surface area contributed by atoms with Gasteiger partial charge < -0.3 is 5.32 Å². The van der Waals surface area contributed by atoms with Crippen molar-refractivity contribution in [2.45, 2.75) is 32.9 Å².